The Labute approximate surface area is 633 Å². The Morgan fingerprint density at radius 3 is 1.32 bits per heavy atom. The van der Waals surface area contributed by atoms with Crippen LogP contribution in [0.25, 0.3) is 17.3 Å². The molecule has 0 atom stereocenters. The fourth-order valence-corrected chi connectivity index (χ4v) is 17.3. The Morgan fingerprint density at radius 1 is 0.435 bits per heavy atom. The molecule has 0 unspecified atom stereocenters. The topological polar surface area (TPSA) is 314 Å². The van der Waals surface area contributed by atoms with Crippen LogP contribution in [-0.4, -0.2) is 206 Å². The summed E-state index contributed by atoms with van der Waals surface area (Å²) < 4.78 is 10.2. The summed E-state index contributed by atoms with van der Waals surface area (Å²) in [6.07, 6.45) is 26.5. The van der Waals surface area contributed by atoms with E-state index in [-0.39, 0.29) is 11.9 Å². The van der Waals surface area contributed by atoms with Crippen LogP contribution in [0.1, 0.15) is 163 Å². The monoisotopic (exact) mass is 1460 g/mol. The van der Waals surface area contributed by atoms with Crippen LogP contribution in [0.4, 0.5) is 58.6 Å². The van der Waals surface area contributed by atoms with Crippen molar-refractivity contribution < 1.29 is 9.53 Å². The number of nitrogen functional groups attached to an aromatic ring is 3. The molecule has 8 fully saturated rings. The van der Waals surface area contributed by atoms with E-state index in [1.165, 1.54) is 181 Å². The number of nitrogens with one attached hydrogen (secondary N) is 3. The zero-order valence-corrected chi connectivity index (χ0v) is 62.4. The number of morpholine rings is 1. The quantitative estimate of drug-likeness (QED) is 0.0493. The molecule has 1 amide bonds. The van der Waals surface area contributed by atoms with E-state index in [0.717, 1.165) is 92.5 Å². The second-order valence-electron chi connectivity index (χ2n) is 30.3. The maximum atomic E-state index is 11.8. The van der Waals surface area contributed by atoms with Gasteiger partial charge < -0.3 is 52.6 Å². The maximum absolute atomic E-state index is 11.8. The van der Waals surface area contributed by atoms with Crippen LogP contribution in [-0.2, 0) is 9.53 Å². The van der Waals surface area contributed by atoms with Crippen LogP contribution < -0.4 is 38.1 Å². The molecule has 4 aromatic carbocycles. The number of rotatable bonds is 17. The van der Waals surface area contributed by atoms with Gasteiger partial charge in [0.25, 0.3) is 0 Å². The number of ether oxygens (including phenoxy) is 1. The third kappa shape index (κ3) is 18.5. The summed E-state index contributed by atoms with van der Waals surface area (Å²) in [6, 6.07) is 45.9. The van der Waals surface area contributed by atoms with Crippen LogP contribution >= 0.6 is 0 Å². The van der Waals surface area contributed by atoms with Crippen molar-refractivity contribution in [3.8, 4) is 23.4 Å². The minimum absolute atomic E-state index is 0.104. The molecule has 4 aliphatic carbocycles. The lowest BCUT2D eigenvalue weighted by molar-refractivity contribution is -0.128. The summed E-state index contributed by atoms with van der Waals surface area (Å²) in [5.41, 5.74) is 26.8. The van der Waals surface area contributed by atoms with Crippen molar-refractivity contribution in [2.75, 3.05) is 130 Å². The first-order valence-corrected chi connectivity index (χ1v) is 39.5. The highest BCUT2D eigenvalue weighted by molar-refractivity contribution is 5.73. The molecule has 9 heterocycles. The molecule has 9 N–H and O–H groups in total. The van der Waals surface area contributed by atoms with Gasteiger partial charge in [-0.2, -0.15) is 34.3 Å². The number of carbonyl (C=O) groups is 1. The number of hydrogen-bond acceptors (Lipinski definition) is 23. The molecule has 8 aliphatic rings. The highest BCUT2D eigenvalue weighted by atomic mass is 16.5. The lowest BCUT2D eigenvalue weighted by Crippen LogP contribution is -2.51. The summed E-state index contributed by atoms with van der Waals surface area (Å²) in [5.74, 6) is 6.18. The lowest BCUT2D eigenvalue weighted by Gasteiger charge is -2.42. The van der Waals surface area contributed by atoms with Gasteiger partial charge in [0.15, 0.2) is 11.6 Å². The molecule has 0 bridgehead atoms. The number of benzene rings is 4. The minimum atomic E-state index is 0.104. The Bertz CT molecular complexity index is 4380. The van der Waals surface area contributed by atoms with Crippen LogP contribution in [0.15, 0.2) is 134 Å². The summed E-state index contributed by atoms with van der Waals surface area (Å²) >= 11 is 0. The average molecular weight is 1460 g/mol. The second-order valence-corrected chi connectivity index (χ2v) is 30.3. The number of nitrogens with two attached hydrogens (primary N) is 3. The smallest absolute Gasteiger partial charge is 0.248 e. The summed E-state index contributed by atoms with van der Waals surface area (Å²) in [6.45, 7) is 16.1. The summed E-state index contributed by atoms with van der Waals surface area (Å²) in [4.78, 5) is 52.9. The molecular weight excluding hydrogens is 1360 g/mol. The van der Waals surface area contributed by atoms with Crippen molar-refractivity contribution in [1.29, 1.82) is 5.26 Å². The van der Waals surface area contributed by atoms with Crippen molar-refractivity contribution in [3.63, 3.8) is 0 Å². The summed E-state index contributed by atoms with van der Waals surface area (Å²) in [5, 5.41) is 32.3. The number of aromatic nitrogens is 12. The Balaban J connectivity index is 0.000000130. The van der Waals surface area contributed by atoms with E-state index in [1.807, 2.05) is 41.3 Å². The average Bonchev–Trinajstić information content (AvgIpc) is 1.15. The maximum Gasteiger partial charge on any atom is 0.248 e. The highest BCUT2D eigenvalue weighted by Crippen LogP contribution is 2.40. The first kappa shape index (κ1) is 73.4. The fraction of sp³-hybridized carbons (Fsp3) is 0.494. The number of piperidine rings is 1. The SMILES string of the molecule is CC(=O)N1CCCN(c2cc(-n3nc(Nc4ccc(C5CCC(N6CCOCC6)CC5)cc4)nc3N)ncn2)CC1.N#Cc1ccc(-n2nc(Nc3ccc(C4CCC(N5CCN(C6CC6)CC5)CC4)cc3)nc2N)cc1.Nc1nc(Nc2ccc(C3CCC(N4CCCCC4)CC3)cc2)nn1-c1ccccn1. The molecule has 0 spiro atoms. The van der Waals surface area contributed by atoms with Crippen molar-refractivity contribution in [2.45, 2.75) is 164 Å². The Kier molecular flexibility index (Phi) is 23.7. The molecule has 27 nitrogen and oxygen atoms in total. The van der Waals surface area contributed by atoms with Crippen molar-refractivity contribution in [1.82, 2.24) is 83.7 Å². The Morgan fingerprint density at radius 2 is 0.870 bits per heavy atom. The number of carbonyl (C=O) groups excluding carboxylic acids is 1. The number of pyridine rings is 1. The van der Waals surface area contributed by atoms with E-state index in [2.05, 4.69) is 165 Å². The van der Waals surface area contributed by atoms with Gasteiger partial charge in [-0.15, -0.1) is 15.3 Å². The minimum Gasteiger partial charge on any atom is -0.379 e. The molecule has 9 aromatic rings. The number of nitriles is 1. The van der Waals surface area contributed by atoms with Gasteiger partial charge in [0, 0.05) is 126 Å². The van der Waals surface area contributed by atoms with Gasteiger partial charge in [-0.05, 0) is 229 Å². The molecule has 17 rings (SSSR count). The van der Waals surface area contributed by atoms with Gasteiger partial charge in [0.1, 0.15) is 12.1 Å². The van der Waals surface area contributed by atoms with E-state index >= 15 is 0 Å². The highest BCUT2D eigenvalue weighted by Gasteiger charge is 2.35. The predicted molar refractivity (Wildman–Crippen MR) is 423 cm³/mol. The van der Waals surface area contributed by atoms with E-state index in [9.17, 15) is 4.79 Å². The normalized spacial score (nSPS) is 22.7. The van der Waals surface area contributed by atoms with E-state index < -0.39 is 0 Å². The molecule has 4 saturated heterocycles. The Hall–Kier alpha value is -10.1. The third-order valence-corrected chi connectivity index (χ3v) is 23.5. The van der Waals surface area contributed by atoms with Crippen LogP contribution in [0.2, 0.25) is 0 Å². The van der Waals surface area contributed by atoms with Crippen LogP contribution in [0, 0.1) is 11.3 Å². The number of nitrogens with zero attached hydrogens (tertiary/aromatic N) is 19. The van der Waals surface area contributed by atoms with Gasteiger partial charge in [0.05, 0.1) is 30.5 Å². The first-order valence-electron chi connectivity index (χ1n) is 39.5. The molecule has 108 heavy (non-hydrogen) atoms. The first-order chi connectivity index (χ1) is 52.9. The molecule has 566 valence electrons. The standard InChI is InChI=1S/C29H40N10O2.C28H34N8.C24H31N7/c1-21(40)36-11-2-12-38(14-13-36)26-19-27(32-20-31-26)39-28(30)34-29(35-39)33-24-7-3-22(4-8-24)23-5-9-25(10-6-23)37-15-17-41-18-16-37;29-19-20-1-9-26(10-2-20)36-27(30)32-28(33-36)31-23-7-3-21(4-8-23)22-5-11-24(12-6-22)34-15-17-35(18-16-34)25-13-14-25;25-23-28-24(29-31(23)22-6-2-3-15-26-22)27-20-11-7-18(8-12-20)19-9-13-21(14-10-19)30-16-4-1-5-17-30/h3-4,7-8,19-20,23,25H,2,5-6,9-18H2,1H3,(H3,30,33,34,35);1-4,7-10,22,24-25H,5-6,11-18H2,(H3,30,31,32,33);2-3,6-8,11-12,15,19,21H,1,4-5,9-10,13-14,16-17H2,(H3,25,27,28,29). The van der Waals surface area contributed by atoms with E-state index in [0.29, 0.717) is 83.8 Å². The number of amides is 1. The molecule has 0 radical (unpaired) electrons. The van der Waals surface area contributed by atoms with Gasteiger partial charge in [-0.1, -0.05) is 48.9 Å². The van der Waals surface area contributed by atoms with Crippen LogP contribution in [0.5, 0.6) is 0 Å². The van der Waals surface area contributed by atoms with Crippen molar-refractivity contribution in [3.05, 3.63) is 156 Å². The van der Waals surface area contributed by atoms with Crippen molar-refractivity contribution in [2.24, 2.45) is 0 Å². The number of piperazine rings is 1. The summed E-state index contributed by atoms with van der Waals surface area (Å²) in [7, 11) is 0. The van der Waals surface area contributed by atoms with Gasteiger partial charge in [-0.25, -0.2) is 15.0 Å². The van der Waals surface area contributed by atoms with Crippen molar-refractivity contribution >= 4 is 64.5 Å². The third-order valence-electron chi connectivity index (χ3n) is 23.5. The zero-order valence-electron chi connectivity index (χ0n) is 62.4. The van der Waals surface area contributed by atoms with Gasteiger partial charge in [-0.3, -0.25) is 19.5 Å². The van der Waals surface area contributed by atoms with E-state index in [4.69, 9.17) is 27.2 Å². The molecule has 5 aromatic heterocycles. The molecule has 4 saturated carbocycles. The van der Waals surface area contributed by atoms with Gasteiger partial charge >= 0.3 is 0 Å². The zero-order chi connectivity index (χ0) is 73.7. The fourth-order valence-electron chi connectivity index (χ4n) is 17.3. The molecule has 4 aliphatic heterocycles. The second kappa shape index (κ2) is 34.8. The van der Waals surface area contributed by atoms with Gasteiger partial charge in [0.2, 0.25) is 41.6 Å². The largest absolute Gasteiger partial charge is 0.379 e. The molecular formula is C81H105N25O2. The predicted octanol–water partition coefficient (Wildman–Crippen LogP) is 11.6. The van der Waals surface area contributed by atoms with Crippen LogP contribution in [0.3, 0.4) is 0 Å². The molecule has 27 heteroatoms. The number of hydrogen-bond donors (Lipinski definition) is 6. The number of anilines is 10. The lowest BCUT2D eigenvalue weighted by atomic mass is 9.81. The number of likely N-dealkylation sites (tertiary alicyclic amines) is 1. The van der Waals surface area contributed by atoms with E-state index in [1.54, 1.807) is 29.9 Å².